The van der Waals surface area contributed by atoms with Gasteiger partial charge < -0.3 is 10.6 Å². The maximum atomic E-state index is 11.2. The number of tetrazole rings is 1. The molecule has 0 fully saturated rings. The van der Waals surface area contributed by atoms with Crippen molar-refractivity contribution in [1.82, 2.24) is 31.3 Å². The van der Waals surface area contributed by atoms with E-state index in [1.807, 2.05) is 6.92 Å². The lowest BCUT2D eigenvalue weighted by Crippen LogP contribution is -2.27. The lowest BCUT2D eigenvalue weighted by molar-refractivity contribution is -0.121. The van der Waals surface area contributed by atoms with Crippen LogP contribution in [-0.4, -0.2) is 39.6 Å². The second-order valence-corrected chi connectivity index (χ2v) is 2.71. The molecule has 0 bridgehead atoms. The molecule has 1 aromatic heterocycles. The molecule has 0 saturated heterocycles. The van der Waals surface area contributed by atoms with E-state index in [-0.39, 0.29) is 5.91 Å². The van der Waals surface area contributed by atoms with Gasteiger partial charge in [0, 0.05) is 13.0 Å². The van der Waals surface area contributed by atoms with Gasteiger partial charge >= 0.3 is 0 Å². The maximum Gasteiger partial charge on any atom is 0.221 e. The third kappa shape index (κ3) is 3.94. The smallest absolute Gasteiger partial charge is 0.221 e. The quantitative estimate of drug-likeness (QED) is 0.500. The molecule has 0 aliphatic carbocycles. The molecule has 0 aliphatic heterocycles. The highest BCUT2D eigenvalue weighted by Crippen LogP contribution is 1.83. The van der Waals surface area contributed by atoms with Crippen LogP contribution in [0.2, 0.25) is 0 Å². The van der Waals surface area contributed by atoms with Gasteiger partial charge in [0.1, 0.15) is 0 Å². The van der Waals surface area contributed by atoms with Crippen LogP contribution in [0.15, 0.2) is 0 Å². The molecule has 0 radical (unpaired) electrons. The number of amides is 1. The summed E-state index contributed by atoms with van der Waals surface area (Å²) in [6.45, 7) is 3.88. The Labute approximate surface area is 81.7 Å². The van der Waals surface area contributed by atoms with E-state index in [1.54, 1.807) is 0 Å². The van der Waals surface area contributed by atoms with Crippen LogP contribution in [-0.2, 0) is 11.3 Å². The van der Waals surface area contributed by atoms with Crippen molar-refractivity contribution in [1.29, 1.82) is 0 Å². The first-order chi connectivity index (χ1) is 6.83. The largest absolute Gasteiger partial charge is 0.349 e. The van der Waals surface area contributed by atoms with Crippen LogP contribution in [0.1, 0.15) is 19.2 Å². The van der Waals surface area contributed by atoms with Crippen molar-refractivity contribution in [3.05, 3.63) is 5.82 Å². The molecule has 0 spiro atoms. The van der Waals surface area contributed by atoms with E-state index in [2.05, 4.69) is 31.3 Å². The van der Waals surface area contributed by atoms with Crippen molar-refractivity contribution >= 4 is 5.91 Å². The molecule has 0 atom stereocenters. The van der Waals surface area contributed by atoms with E-state index in [1.165, 1.54) is 0 Å². The van der Waals surface area contributed by atoms with Crippen LogP contribution in [0.4, 0.5) is 0 Å². The zero-order chi connectivity index (χ0) is 10.2. The first-order valence-electron chi connectivity index (χ1n) is 4.52. The van der Waals surface area contributed by atoms with Gasteiger partial charge in [-0.3, -0.25) is 4.79 Å². The molecule has 1 aromatic rings. The third-order valence-corrected chi connectivity index (χ3v) is 1.61. The average Bonchev–Trinajstić information content (AvgIpc) is 2.68. The summed E-state index contributed by atoms with van der Waals surface area (Å²) in [5.74, 6) is 0.470. The molecular formula is C7H14N6O. The van der Waals surface area contributed by atoms with Crippen molar-refractivity contribution in [2.45, 2.75) is 19.9 Å². The Morgan fingerprint density at radius 3 is 3.07 bits per heavy atom. The highest BCUT2D eigenvalue weighted by molar-refractivity contribution is 5.75. The van der Waals surface area contributed by atoms with Crippen molar-refractivity contribution in [2.75, 3.05) is 13.1 Å². The molecule has 0 saturated carbocycles. The summed E-state index contributed by atoms with van der Waals surface area (Å²) in [7, 11) is 0. The number of nitrogens with zero attached hydrogens (tertiary/aromatic N) is 3. The second kappa shape index (κ2) is 6.03. The van der Waals surface area contributed by atoms with Crippen LogP contribution >= 0.6 is 0 Å². The summed E-state index contributed by atoms with van der Waals surface area (Å²) in [6, 6.07) is 0. The van der Waals surface area contributed by atoms with E-state index < -0.39 is 0 Å². The monoisotopic (exact) mass is 198 g/mol. The lowest BCUT2D eigenvalue weighted by atomic mass is 10.4. The van der Waals surface area contributed by atoms with E-state index in [0.29, 0.717) is 25.3 Å². The van der Waals surface area contributed by atoms with Gasteiger partial charge in [-0.25, -0.2) is 0 Å². The molecular weight excluding hydrogens is 184 g/mol. The average molecular weight is 198 g/mol. The predicted molar refractivity (Wildman–Crippen MR) is 49.2 cm³/mol. The van der Waals surface area contributed by atoms with Crippen molar-refractivity contribution in [3.63, 3.8) is 0 Å². The maximum absolute atomic E-state index is 11.2. The summed E-state index contributed by atoms with van der Waals surface area (Å²) in [6.07, 6.45) is 0.464. The van der Waals surface area contributed by atoms with Crippen molar-refractivity contribution < 1.29 is 4.79 Å². The van der Waals surface area contributed by atoms with Gasteiger partial charge in [-0.1, -0.05) is 12.1 Å². The van der Waals surface area contributed by atoms with Crippen LogP contribution in [0.25, 0.3) is 0 Å². The van der Waals surface area contributed by atoms with Crippen LogP contribution in [0.5, 0.6) is 0 Å². The Morgan fingerprint density at radius 1 is 1.57 bits per heavy atom. The molecule has 78 valence electrons. The molecule has 0 aromatic carbocycles. The number of aromatic nitrogens is 4. The van der Waals surface area contributed by atoms with Crippen molar-refractivity contribution in [3.8, 4) is 0 Å². The first kappa shape index (κ1) is 10.6. The number of H-pyrrole nitrogens is 1. The van der Waals surface area contributed by atoms with Crippen LogP contribution in [0, 0.1) is 0 Å². The number of hydrogen-bond acceptors (Lipinski definition) is 5. The minimum absolute atomic E-state index is 0.0178. The van der Waals surface area contributed by atoms with Gasteiger partial charge in [0.05, 0.1) is 6.54 Å². The second-order valence-electron chi connectivity index (χ2n) is 2.71. The fraction of sp³-hybridized carbons (Fsp3) is 0.714. The number of carbonyl (C=O) groups excluding carboxylic acids is 1. The Morgan fingerprint density at radius 2 is 2.43 bits per heavy atom. The highest BCUT2D eigenvalue weighted by atomic mass is 16.1. The summed E-state index contributed by atoms with van der Waals surface area (Å²) < 4.78 is 0. The molecule has 14 heavy (non-hydrogen) atoms. The van der Waals surface area contributed by atoms with E-state index >= 15 is 0 Å². The van der Waals surface area contributed by atoms with Gasteiger partial charge in [-0.05, 0) is 6.54 Å². The van der Waals surface area contributed by atoms with E-state index in [0.717, 1.165) is 6.54 Å². The molecule has 3 N–H and O–H groups in total. The molecule has 7 nitrogen and oxygen atoms in total. The van der Waals surface area contributed by atoms with Crippen LogP contribution in [0.3, 0.4) is 0 Å². The molecule has 7 heteroatoms. The minimum Gasteiger partial charge on any atom is -0.349 e. The van der Waals surface area contributed by atoms with Gasteiger partial charge in [0.2, 0.25) is 5.91 Å². The predicted octanol–water partition coefficient (Wildman–Crippen LogP) is -1.18. The fourth-order valence-corrected chi connectivity index (χ4v) is 0.902. The minimum atomic E-state index is -0.0178. The molecule has 0 aliphatic rings. The van der Waals surface area contributed by atoms with Gasteiger partial charge in [0.15, 0.2) is 5.82 Å². The molecule has 1 heterocycles. The normalized spacial score (nSPS) is 10.1. The SMILES string of the molecule is CCNCCC(=O)NCc1nn[nH]n1. The molecule has 1 amide bonds. The van der Waals surface area contributed by atoms with Gasteiger partial charge in [0.25, 0.3) is 0 Å². The van der Waals surface area contributed by atoms with Gasteiger partial charge in [-0.2, -0.15) is 5.21 Å². The van der Waals surface area contributed by atoms with Crippen molar-refractivity contribution in [2.24, 2.45) is 0 Å². The standard InChI is InChI=1S/C7H14N6O/c1-2-8-4-3-7(14)9-5-6-10-12-13-11-6/h8H,2-5H2,1H3,(H,9,14)(H,10,11,12,13). The Hall–Kier alpha value is -1.50. The molecule has 0 unspecified atom stereocenters. The number of rotatable bonds is 6. The van der Waals surface area contributed by atoms with Gasteiger partial charge in [-0.15, -0.1) is 10.2 Å². The van der Waals surface area contributed by atoms with Crippen LogP contribution < -0.4 is 10.6 Å². The zero-order valence-corrected chi connectivity index (χ0v) is 8.08. The summed E-state index contributed by atoms with van der Waals surface area (Å²) in [5.41, 5.74) is 0. The topological polar surface area (TPSA) is 95.6 Å². The lowest BCUT2D eigenvalue weighted by Gasteiger charge is -2.02. The number of aromatic amines is 1. The summed E-state index contributed by atoms with van der Waals surface area (Å²) in [4.78, 5) is 11.2. The highest BCUT2D eigenvalue weighted by Gasteiger charge is 2.02. The zero-order valence-electron chi connectivity index (χ0n) is 8.08. The summed E-state index contributed by atoms with van der Waals surface area (Å²) >= 11 is 0. The number of hydrogen-bond donors (Lipinski definition) is 3. The van der Waals surface area contributed by atoms with E-state index in [4.69, 9.17) is 0 Å². The Balaban J connectivity index is 2.09. The Bertz CT molecular complexity index is 259. The molecule has 1 rings (SSSR count). The fourth-order valence-electron chi connectivity index (χ4n) is 0.902. The first-order valence-corrected chi connectivity index (χ1v) is 4.52. The third-order valence-electron chi connectivity index (χ3n) is 1.61. The number of nitrogens with one attached hydrogen (secondary N) is 3. The van der Waals surface area contributed by atoms with E-state index in [9.17, 15) is 4.79 Å². The summed E-state index contributed by atoms with van der Waals surface area (Å²) in [5, 5.41) is 18.8. The Kier molecular flexibility index (Phi) is 4.56. The number of carbonyl (C=O) groups is 1.